The van der Waals surface area contributed by atoms with Crippen molar-refractivity contribution in [1.82, 2.24) is 15.3 Å². The van der Waals surface area contributed by atoms with Gasteiger partial charge < -0.3 is 15.4 Å². The lowest BCUT2D eigenvalue weighted by atomic mass is 10.1. The topological polar surface area (TPSA) is 108 Å². The number of aryl methyl sites for hydroxylation is 1. The van der Waals surface area contributed by atoms with E-state index in [4.69, 9.17) is 4.74 Å². The van der Waals surface area contributed by atoms with Crippen molar-refractivity contribution in [2.24, 2.45) is 0 Å². The molecular formula is C23H26N4O5. The van der Waals surface area contributed by atoms with E-state index in [0.717, 1.165) is 5.56 Å². The van der Waals surface area contributed by atoms with Crippen LogP contribution in [0.5, 0.6) is 0 Å². The summed E-state index contributed by atoms with van der Waals surface area (Å²) in [6.45, 7) is 4.29. The number of rotatable bonds is 6. The van der Waals surface area contributed by atoms with Gasteiger partial charge in [0, 0.05) is 24.3 Å². The lowest BCUT2D eigenvalue weighted by Gasteiger charge is -2.28. The molecule has 1 saturated heterocycles. The maximum atomic E-state index is 12.8. The molecule has 0 atom stereocenters. The highest BCUT2D eigenvalue weighted by Gasteiger charge is 2.31. The third-order valence-electron chi connectivity index (χ3n) is 4.97. The van der Waals surface area contributed by atoms with Crippen molar-refractivity contribution in [3.8, 4) is 0 Å². The third-order valence-corrected chi connectivity index (χ3v) is 4.97. The maximum Gasteiger partial charge on any atom is 0.340 e. The minimum atomic E-state index is -0.498. The van der Waals surface area contributed by atoms with Crippen LogP contribution in [0.4, 0.5) is 10.5 Å². The first kappa shape index (κ1) is 22.8. The van der Waals surface area contributed by atoms with E-state index in [2.05, 4.69) is 10.6 Å². The van der Waals surface area contributed by atoms with Crippen molar-refractivity contribution < 1.29 is 23.9 Å². The van der Waals surface area contributed by atoms with Crippen molar-refractivity contribution in [2.75, 3.05) is 31.6 Å². The minimum Gasteiger partial charge on any atom is -0.462 e. The van der Waals surface area contributed by atoms with Crippen molar-refractivity contribution in [2.45, 2.75) is 20.3 Å². The van der Waals surface area contributed by atoms with Crippen molar-refractivity contribution in [1.29, 1.82) is 0 Å². The number of hydrogen-bond acceptors (Lipinski definition) is 5. The second-order valence-corrected chi connectivity index (χ2v) is 7.22. The Morgan fingerprint density at radius 2 is 1.75 bits per heavy atom. The van der Waals surface area contributed by atoms with Gasteiger partial charge in [0.2, 0.25) is 0 Å². The summed E-state index contributed by atoms with van der Waals surface area (Å²) in [7, 11) is 0. The number of hydrazine groups is 1. The second-order valence-electron chi connectivity index (χ2n) is 7.22. The monoisotopic (exact) mass is 438 g/mol. The van der Waals surface area contributed by atoms with E-state index in [1.54, 1.807) is 37.3 Å². The van der Waals surface area contributed by atoms with E-state index in [0.29, 0.717) is 36.3 Å². The first-order valence-corrected chi connectivity index (χ1v) is 10.4. The first-order chi connectivity index (χ1) is 15.4. The summed E-state index contributed by atoms with van der Waals surface area (Å²) in [5.41, 5.74) is 2.04. The van der Waals surface area contributed by atoms with Gasteiger partial charge in [0.25, 0.3) is 11.8 Å². The van der Waals surface area contributed by atoms with Crippen LogP contribution in [-0.2, 0) is 9.53 Å². The molecule has 0 spiro atoms. The van der Waals surface area contributed by atoms with Crippen LogP contribution in [0.15, 0.2) is 48.5 Å². The lowest BCUT2D eigenvalue weighted by molar-refractivity contribution is -0.138. The van der Waals surface area contributed by atoms with Gasteiger partial charge in [-0.25, -0.2) is 19.6 Å². The molecule has 0 aromatic heterocycles. The third kappa shape index (κ3) is 5.42. The Morgan fingerprint density at radius 3 is 2.50 bits per heavy atom. The van der Waals surface area contributed by atoms with Crippen LogP contribution in [-0.4, -0.2) is 60.1 Å². The molecule has 2 N–H and O–H groups in total. The number of esters is 1. The molecule has 0 saturated carbocycles. The molecule has 3 rings (SSSR count). The number of nitrogens with one attached hydrogen (secondary N) is 2. The smallest absolute Gasteiger partial charge is 0.340 e. The largest absolute Gasteiger partial charge is 0.462 e. The Morgan fingerprint density at radius 1 is 1.00 bits per heavy atom. The van der Waals surface area contributed by atoms with Gasteiger partial charge in [-0.05, 0) is 50.1 Å². The summed E-state index contributed by atoms with van der Waals surface area (Å²) in [4.78, 5) is 49.7. The molecule has 2 aromatic carbocycles. The van der Waals surface area contributed by atoms with Crippen LogP contribution < -0.4 is 10.6 Å². The fraction of sp³-hybridized carbons (Fsp3) is 0.304. The van der Waals surface area contributed by atoms with E-state index in [-0.39, 0.29) is 25.0 Å². The standard InChI is InChI=1S/C23H26N4O5/c1-3-32-22(30)17-9-6-10-18(14-17)25-23(31)27-13-7-12-26(27)20(28)15-24-21(29)19-11-5-4-8-16(19)2/h4-6,8-11,14H,3,7,12-13,15H2,1-2H3,(H,24,29)(H,25,31). The van der Waals surface area contributed by atoms with Crippen molar-refractivity contribution >= 4 is 29.5 Å². The fourth-order valence-corrected chi connectivity index (χ4v) is 3.38. The number of carbonyl (C=O) groups excluding carboxylic acids is 4. The number of ether oxygens (including phenoxy) is 1. The summed E-state index contributed by atoms with van der Waals surface area (Å²) in [6.07, 6.45) is 0.619. The van der Waals surface area contributed by atoms with Gasteiger partial charge in [0.05, 0.1) is 18.7 Å². The predicted octanol–water partition coefficient (Wildman–Crippen LogP) is 2.58. The molecule has 0 unspecified atom stereocenters. The fourth-order valence-electron chi connectivity index (χ4n) is 3.38. The molecule has 4 amide bonds. The van der Waals surface area contributed by atoms with Crippen LogP contribution in [0, 0.1) is 6.92 Å². The van der Waals surface area contributed by atoms with Gasteiger partial charge in [0.15, 0.2) is 0 Å². The zero-order valence-corrected chi connectivity index (χ0v) is 18.1. The Hall–Kier alpha value is -3.88. The molecule has 0 bridgehead atoms. The Bertz CT molecular complexity index is 1020. The molecule has 9 heteroatoms. The molecule has 1 fully saturated rings. The molecule has 1 aliphatic heterocycles. The normalized spacial score (nSPS) is 12.9. The summed E-state index contributed by atoms with van der Waals surface area (Å²) in [6, 6.07) is 13.0. The highest BCUT2D eigenvalue weighted by atomic mass is 16.5. The predicted molar refractivity (Wildman–Crippen MR) is 118 cm³/mol. The first-order valence-electron chi connectivity index (χ1n) is 10.4. The number of benzene rings is 2. The van der Waals surface area contributed by atoms with E-state index in [1.165, 1.54) is 16.1 Å². The number of amides is 4. The van der Waals surface area contributed by atoms with E-state index >= 15 is 0 Å². The average molecular weight is 438 g/mol. The highest BCUT2D eigenvalue weighted by molar-refractivity contribution is 5.98. The average Bonchev–Trinajstić information content (AvgIpc) is 3.28. The Labute approximate surface area is 186 Å². The van der Waals surface area contributed by atoms with Crippen molar-refractivity contribution in [3.63, 3.8) is 0 Å². The van der Waals surface area contributed by atoms with Crippen LogP contribution in [0.3, 0.4) is 0 Å². The Balaban J connectivity index is 1.60. The SMILES string of the molecule is CCOC(=O)c1cccc(NC(=O)N2CCCN2C(=O)CNC(=O)c2ccccc2C)c1. The zero-order chi connectivity index (χ0) is 23.1. The van der Waals surface area contributed by atoms with Crippen LogP contribution in [0.1, 0.15) is 39.6 Å². The van der Waals surface area contributed by atoms with Crippen LogP contribution >= 0.6 is 0 Å². The molecule has 0 aliphatic carbocycles. The quantitative estimate of drug-likeness (QED) is 0.674. The van der Waals surface area contributed by atoms with Gasteiger partial charge in [-0.2, -0.15) is 0 Å². The number of hydrogen-bond donors (Lipinski definition) is 2. The molecule has 9 nitrogen and oxygen atoms in total. The summed E-state index contributed by atoms with van der Waals surface area (Å²) in [5.74, 6) is -1.21. The number of nitrogens with zero attached hydrogens (tertiary/aromatic N) is 2. The number of anilines is 1. The van der Waals surface area contributed by atoms with Gasteiger partial charge >= 0.3 is 12.0 Å². The number of carbonyl (C=O) groups is 4. The molecule has 32 heavy (non-hydrogen) atoms. The van der Waals surface area contributed by atoms with Gasteiger partial charge in [0.1, 0.15) is 0 Å². The van der Waals surface area contributed by atoms with Gasteiger partial charge in [-0.3, -0.25) is 9.59 Å². The van der Waals surface area contributed by atoms with E-state index in [9.17, 15) is 19.2 Å². The summed E-state index contributed by atoms with van der Waals surface area (Å²) in [5, 5.41) is 7.95. The molecule has 0 radical (unpaired) electrons. The van der Waals surface area contributed by atoms with Gasteiger partial charge in [-0.15, -0.1) is 0 Å². The summed E-state index contributed by atoms with van der Waals surface area (Å²) < 4.78 is 4.97. The van der Waals surface area contributed by atoms with Crippen molar-refractivity contribution in [3.05, 3.63) is 65.2 Å². The molecular weight excluding hydrogens is 412 g/mol. The minimum absolute atomic E-state index is 0.227. The second kappa shape index (κ2) is 10.4. The van der Waals surface area contributed by atoms with Crippen LogP contribution in [0.25, 0.3) is 0 Å². The van der Waals surface area contributed by atoms with E-state index in [1.807, 2.05) is 19.1 Å². The molecule has 168 valence electrons. The van der Waals surface area contributed by atoms with E-state index < -0.39 is 12.0 Å². The number of urea groups is 1. The summed E-state index contributed by atoms with van der Waals surface area (Å²) >= 11 is 0. The maximum absolute atomic E-state index is 12.8. The van der Waals surface area contributed by atoms with Crippen LogP contribution in [0.2, 0.25) is 0 Å². The Kier molecular flexibility index (Phi) is 7.43. The molecule has 2 aromatic rings. The highest BCUT2D eigenvalue weighted by Crippen LogP contribution is 2.16. The van der Waals surface area contributed by atoms with Gasteiger partial charge in [-0.1, -0.05) is 24.3 Å². The molecule has 1 heterocycles. The lowest BCUT2D eigenvalue weighted by Crippen LogP contribution is -2.50. The molecule has 1 aliphatic rings. The zero-order valence-electron chi connectivity index (χ0n) is 18.1.